The monoisotopic (exact) mass is 473 g/mol. The zero-order chi connectivity index (χ0) is 21.2. The Kier molecular flexibility index (Phi) is 6.39. The maximum atomic E-state index is 13.9. The molecule has 29 heavy (non-hydrogen) atoms. The lowest BCUT2D eigenvalue weighted by molar-refractivity contribution is 0.586. The average molecular weight is 474 g/mol. The van der Waals surface area contributed by atoms with Gasteiger partial charge < -0.3 is 10.6 Å². The van der Waals surface area contributed by atoms with Gasteiger partial charge >= 0.3 is 0 Å². The number of sulfonamides is 1. The van der Waals surface area contributed by atoms with Crippen molar-refractivity contribution in [1.82, 2.24) is 9.78 Å². The smallest absolute Gasteiger partial charge is 0.238 e. The molecule has 0 saturated carbocycles. The second-order valence-electron chi connectivity index (χ2n) is 5.87. The summed E-state index contributed by atoms with van der Waals surface area (Å²) >= 11 is 17.4. The Morgan fingerprint density at radius 2 is 1.83 bits per heavy atom. The van der Waals surface area contributed by atoms with Crippen molar-refractivity contribution in [1.29, 1.82) is 0 Å². The number of hydrogen-bond donors (Lipinski definition) is 3. The number of benzene rings is 2. The molecule has 0 aliphatic rings. The van der Waals surface area contributed by atoms with Crippen LogP contribution < -0.4 is 15.8 Å². The molecular weight excluding hydrogens is 460 g/mol. The lowest BCUT2D eigenvalue weighted by Gasteiger charge is -2.09. The summed E-state index contributed by atoms with van der Waals surface area (Å²) in [5.74, 6) is -0.184. The first kappa shape index (κ1) is 21.5. The Labute approximate surface area is 181 Å². The minimum atomic E-state index is -3.77. The van der Waals surface area contributed by atoms with Crippen molar-refractivity contribution < 1.29 is 12.8 Å². The number of aromatic nitrogens is 2. The number of rotatable bonds is 5. The molecular formula is C17H14Cl2FN5O2S2. The molecule has 1 heterocycles. The van der Waals surface area contributed by atoms with E-state index in [2.05, 4.69) is 15.7 Å². The van der Waals surface area contributed by atoms with Crippen molar-refractivity contribution >= 4 is 62.1 Å². The van der Waals surface area contributed by atoms with E-state index in [1.807, 2.05) is 0 Å². The number of nitrogens with zero attached hydrogens (tertiary/aromatic N) is 2. The third kappa shape index (κ3) is 5.43. The van der Waals surface area contributed by atoms with Crippen molar-refractivity contribution in [3.05, 3.63) is 70.1 Å². The van der Waals surface area contributed by atoms with Crippen LogP contribution in [0.4, 0.5) is 15.9 Å². The largest absolute Gasteiger partial charge is 0.332 e. The molecule has 0 atom stereocenters. The van der Waals surface area contributed by atoms with Crippen LogP contribution in [0, 0.1) is 5.82 Å². The summed E-state index contributed by atoms with van der Waals surface area (Å²) in [4.78, 5) is -0.0180. The molecule has 0 aliphatic heterocycles. The van der Waals surface area contributed by atoms with Gasteiger partial charge in [-0.2, -0.15) is 5.10 Å². The summed E-state index contributed by atoms with van der Waals surface area (Å²) in [7, 11) is -3.77. The minimum absolute atomic E-state index is 0.0180. The van der Waals surface area contributed by atoms with Gasteiger partial charge in [-0.15, -0.1) is 0 Å². The van der Waals surface area contributed by atoms with E-state index in [4.69, 9.17) is 40.6 Å². The molecule has 0 bridgehead atoms. The molecule has 7 nitrogen and oxygen atoms in total. The highest BCUT2D eigenvalue weighted by atomic mass is 35.5. The van der Waals surface area contributed by atoms with Gasteiger partial charge in [-0.05, 0) is 48.6 Å². The van der Waals surface area contributed by atoms with Crippen LogP contribution in [0.2, 0.25) is 10.0 Å². The van der Waals surface area contributed by atoms with Gasteiger partial charge in [-0.1, -0.05) is 29.3 Å². The number of thiocarbonyl (C=S) groups is 1. The Bertz CT molecular complexity index is 1150. The van der Waals surface area contributed by atoms with Gasteiger partial charge in [-0.3, -0.25) is 4.68 Å². The Morgan fingerprint density at radius 3 is 2.45 bits per heavy atom. The van der Waals surface area contributed by atoms with Gasteiger partial charge in [0.05, 0.1) is 11.4 Å². The van der Waals surface area contributed by atoms with Gasteiger partial charge in [0.1, 0.15) is 10.8 Å². The fraction of sp³-hybridized carbons (Fsp3) is 0.0588. The van der Waals surface area contributed by atoms with Crippen LogP contribution in [0.1, 0.15) is 5.56 Å². The number of nitrogens with two attached hydrogens (primary N) is 1. The lowest BCUT2D eigenvalue weighted by Crippen LogP contribution is -2.20. The lowest BCUT2D eigenvalue weighted by atomic mass is 10.2. The van der Waals surface area contributed by atoms with Gasteiger partial charge in [-0.25, -0.2) is 17.9 Å². The van der Waals surface area contributed by atoms with E-state index in [1.165, 1.54) is 47.3 Å². The fourth-order valence-corrected chi connectivity index (χ4v) is 3.56. The molecule has 12 heteroatoms. The highest BCUT2D eigenvalue weighted by Gasteiger charge is 2.13. The zero-order valence-corrected chi connectivity index (χ0v) is 17.7. The molecule has 0 aliphatic carbocycles. The number of nitrogens with one attached hydrogen (secondary N) is 2. The first-order chi connectivity index (χ1) is 13.6. The Balaban J connectivity index is 1.68. The van der Waals surface area contributed by atoms with Crippen LogP contribution in [-0.4, -0.2) is 23.3 Å². The quantitative estimate of drug-likeness (QED) is 0.486. The highest BCUT2D eigenvalue weighted by Crippen LogP contribution is 2.24. The van der Waals surface area contributed by atoms with Crippen LogP contribution in [0.3, 0.4) is 0 Å². The van der Waals surface area contributed by atoms with Crippen molar-refractivity contribution in [3.63, 3.8) is 0 Å². The molecule has 1 aromatic heterocycles. The Morgan fingerprint density at radius 1 is 1.14 bits per heavy atom. The molecule has 2 aromatic carbocycles. The minimum Gasteiger partial charge on any atom is -0.332 e. The molecule has 3 aromatic rings. The molecule has 0 saturated heterocycles. The summed E-state index contributed by atoms with van der Waals surface area (Å²) in [6, 6.07) is 10.1. The standard InChI is InChI=1S/C17H14Cl2FN5O2S2/c18-13-2-1-3-15(20)12(13)8-25-9-14(19)16(24-25)23-17(28)22-10-4-6-11(7-5-10)29(21,26)27/h1-7,9H,8H2,(H2,21,26,27)(H2,22,23,24,28). The zero-order valence-electron chi connectivity index (χ0n) is 14.6. The SMILES string of the molecule is NS(=O)(=O)c1ccc(NC(=S)Nc2nn(Cc3c(F)cccc3Cl)cc2Cl)cc1. The molecule has 152 valence electrons. The number of primary sulfonamides is 1. The van der Waals surface area contributed by atoms with Crippen molar-refractivity contribution in [2.45, 2.75) is 11.4 Å². The molecule has 0 fully saturated rings. The number of hydrogen-bond acceptors (Lipinski definition) is 4. The van der Waals surface area contributed by atoms with Gasteiger partial charge in [0.25, 0.3) is 0 Å². The van der Waals surface area contributed by atoms with E-state index < -0.39 is 15.8 Å². The number of halogens is 3. The highest BCUT2D eigenvalue weighted by molar-refractivity contribution is 7.89. The van der Waals surface area contributed by atoms with E-state index in [9.17, 15) is 12.8 Å². The maximum Gasteiger partial charge on any atom is 0.238 e. The third-order valence-corrected chi connectivity index (χ3v) is 5.54. The number of anilines is 2. The molecule has 4 N–H and O–H groups in total. The van der Waals surface area contributed by atoms with Crippen LogP contribution in [0.5, 0.6) is 0 Å². The molecule has 0 radical (unpaired) electrons. The maximum absolute atomic E-state index is 13.9. The van der Waals surface area contributed by atoms with Crippen LogP contribution >= 0.6 is 35.4 Å². The molecule has 0 spiro atoms. The summed E-state index contributed by atoms with van der Waals surface area (Å²) in [6.45, 7) is 0.0854. The summed E-state index contributed by atoms with van der Waals surface area (Å²) in [5.41, 5.74) is 0.819. The van der Waals surface area contributed by atoms with E-state index in [0.717, 1.165) is 0 Å². The van der Waals surface area contributed by atoms with Gasteiger partial charge in [0.15, 0.2) is 10.9 Å². The van der Waals surface area contributed by atoms with Crippen LogP contribution in [0.25, 0.3) is 0 Å². The molecule has 0 unspecified atom stereocenters. The first-order valence-electron chi connectivity index (χ1n) is 8.00. The fourth-order valence-electron chi connectivity index (χ4n) is 2.41. The van der Waals surface area contributed by atoms with E-state index in [1.54, 1.807) is 6.07 Å². The van der Waals surface area contributed by atoms with Crippen molar-refractivity contribution in [2.24, 2.45) is 5.14 Å². The van der Waals surface area contributed by atoms with Crippen molar-refractivity contribution in [3.8, 4) is 0 Å². The first-order valence-corrected chi connectivity index (χ1v) is 10.7. The molecule has 3 rings (SSSR count). The van der Waals surface area contributed by atoms with Gasteiger partial charge in [0, 0.05) is 22.5 Å². The summed E-state index contributed by atoms with van der Waals surface area (Å²) in [6.07, 6.45) is 1.51. The topological polar surface area (TPSA) is 102 Å². The average Bonchev–Trinajstić information content (AvgIpc) is 2.97. The predicted molar refractivity (Wildman–Crippen MR) is 115 cm³/mol. The Hall–Kier alpha value is -2.24. The van der Waals surface area contributed by atoms with E-state index in [-0.39, 0.29) is 38.0 Å². The third-order valence-electron chi connectivity index (χ3n) is 3.77. The van der Waals surface area contributed by atoms with Gasteiger partial charge in [0.2, 0.25) is 10.0 Å². The van der Waals surface area contributed by atoms with E-state index in [0.29, 0.717) is 5.69 Å². The van der Waals surface area contributed by atoms with Crippen LogP contribution in [0.15, 0.2) is 53.6 Å². The second kappa shape index (κ2) is 8.64. The summed E-state index contributed by atoms with van der Waals surface area (Å²) in [5, 5.41) is 15.7. The second-order valence-corrected chi connectivity index (χ2v) is 8.66. The molecule has 0 amide bonds. The van der Waals surface area contributed by atoms with Crippen molar-refractivity contribution in [2.75, 3.05) is 10.6 Å². The normalized spacial score (nSPS) is 11.3. The predicted octanol–water partition coefficient (Wildman–Crippen LogP) is 3.83. The van der Waals surface area contributed by atoms with Crippen LogP contribution in [-0.2, 0) is 16.6 Å². The van der Waals surface area contributed by atoms with E-state index >= 15 is 0 Å². The summed E-state index contributed by atoms with van der Waals surface area (Å²) < 4.78 is 37.9.